The second kappa shape index (κ2) is 7.06. The molecule has 1 aliphatic rings. The van der Waals surface area contributed by atoms with Gasteiger partial charge in [0, 0.05) is 25.1 Å². The maximum absolute atomic E-state index is 12.2. The van der Waals surface area contributed by atoms with Crippen molar-refractivity contribution >= 4 is 17.8 Å². The standard InChI is InChI=1S/C16H20N2O4/c1-17-16(22)12-4-2-3-11(9-12)5-8-14(19)18(10-15(20)21)13-6-7-13/h2-4,9,13H,5-8,10H2,1H3,(H,17,22)(H,20,21). The molecule has 0 atom stereocenters. The number of nitrogens with one attached hydrogen (secondary N) is 1. The Kier molecular flexibility index (Phi) is 5.14. The molecule has 6 heteroatoms. The van der Waals surface area contributed by atoms with Gasteiger partial charge in [-0.05, 0) is 37.0 Å². The predicted molar refractivity (Wildman–Crippen MR) is 80.5 cm³/mol. The molecule has 0 aliphatic heterocycles. The number of hydrogen-bond donors (Lipinski definition) is 2. The Labute approximate surface area is 129 Å². The Bertz CT molecular complexity index is 581. The molecule has 1 fully saturated rings. The minimum Gasteiger partial charge on any atom is -0.480 e. The highest BCUT2D eigenvalue weighted by molar-refractivity contribution is 5.94. The zero-order valence-electron chi connectivity index (χ0n) is 12.5. The lowest BCUT2D eigenvalue weighted by atomic mass is 10.1. The summed E-state index contributed by atoms with van der Waals surface area (Å²) in [6, 6.07) is 7.19. The molecule has 118 valence electrons. The lowest BCUT2D eigenvalue weighted by molar-refractivity contribution is -0.144. The predicted octanol–water partition coefficient (Wildman–Crippen LogP) is 1.05. The second-order valence-corrected chi connectivity index (χ2v) is 5.43. The van der Waals surface area contributed by atoms with E-state index in [1.807, 2.05) is 6.07 Å². The van der Waals surface area contributed by atoms with Crippen molar-refractivity contribution in [1.82, 2.24) is 10.2 Å². The second-order valence-electron chi connectivity index (χ2n) is 5.43. The first-order valence-electron chi connectivity index (χ1n) is 7.33. The van der Waals surface area contributed by atoms with E-state index >= 15 is 0 Å². The Balaban J connectivity index is 1.95. The fourth-order valence-corrected chi connectivity index (χ4v) is 2.36. The van der Waals surface area contributed by atoms with Gasteiger partial charge < -0.3 is 15.3 Å². The quantitative estimate of drug-likeness (QED) is 0.788. The van der Waals surface area contributed by atoms with Gasteiger partial charge in [-0.15, -0.1) is 0 Å². The van der Waals surface area contributed by atoms with Gasteiger partial charge in [0.25, 0.3) is 5.91 Å². The molecule has 0 bridgehead atoms. The average Bonchev–Trinajstić information content (AvgIpc) is 3.34. The third kappa shape index (κ3) is 4.31. The Morgan fingerprint density at radius 2 is 2.05 bits per heavy atom. The van der Waals surface area contributed by atoms with Gasteiger partial charge in [-0.1, -0.05) is 12.1 Å². The van der Waals surface area contributed by atoms with Gasteiger partial charge in [0.1, 0.15) is 6.54 Å². The summed E-state index contributed by atoms with van der Waals surface area (Å²) >= 11 is 0. The van der Waals surface area contributed by atoms with Crippen molar-refractivity contribution in [3.8, 4) is 0 Å². The van der Waals surface area contributed by atoms with Crippen molar-refractivity contribution in [3.05, 3.63) is 35.4 Å². The monoisotopic (exact) mass is 304 g/mol. The van der Waals surface area contributed by atoms with Crippen LogP contribution in [0.25, 0.3) is 0 Å². The molecule has 1 saturated carbocycles. The summed E-state index contributed by atoms with van der Waals surface area (Å²) in [5, 5.41) is 11.4. The molecule has 1 aromatic carbocycles. The number of amides is 2. The molecule has 0 spiro atoms. The summed E-state index contributed by atoms with van der Waals surface area (Å²) in [6.45, 7) is -0.234. The fraction of sp³-hybridized carbons (Fsp3) is 0.438. The summed E-state index contributed by atoms with van der Waals surface area (Å²) in [6.07, 6.45) is 2.50. The number of carbonyl (C=O) groups excluding carboxylic acids is 2. The number of carbonyl (C=O) groups is 3. The summed E-state index contributed by atoms with van der Waals surface area (Å²) in [5.41, 5.74) is 1.44. The van der Waals surface area contributed by atoms with Crippen molar-refractivity contribution < 1.29 is 19.5 Å². The molecule has 2 amide bonds. The van der Waals surface area contributed by atoms with E-state index in [1.54, 1.807) is 25.2 Å². The van der Waals surface area contributed by atoms with E-state index < -0.39 is 5.97 Å². The molecule has 0 radical (unpaired) electrons. The van der Waals surface area contributed by atoms with E-state index in [4.69, 9.17) is 5.11 Å². The van der Waals surface area contributed by atoms with E-state index in [-0.39, 0.29) is 30.8 Å². The molecule has 22 heavy (non-hydrogen) atoms. The fourth-order valence-electron chi connectivity index (χ4n) is 2.36. The molecule has 0 unspecified atom stereocenters. The average molecular weight is 304 g/mol. The number of aliphatic carboxylic acids is 1. The number of carboxylic acid groups (broad SMARTS) is 1. The topological polar surface area (TPSA) is 86.7 Å². The molecule has 0 heterocycles. The van der Waals surface area contributed by atoms with Gasteiger partial charge in [0.15, 0.2) is 0 Å². The lowest BCUT2D eigenvalue weighted by Gasteiger charge is -2.20. The SMILES string of the molecule is CNC(=O)c1cccc(CCC(=O)N(CC(=O)O)C2CC2)c1. The molecular weight excluding hydrogens is 284 g/mol. The molecule has 2 rings (SSSR count). The van der Waals surface area contributed by atoms with E-state index in [2.05, 4.69) is 5.32 Å². The van der Waals surface area contributed by atoms with Crippen LogP contribution in [0.1, 0.15) is 35.2 Å². The van der Waals surface area contributed by atoms with E-state index in [0.717, 1.165) is 18.4 Å². The van der Waals surface area contributed by atoms with Crippen molar-refractivity contribution in [2.24, 2.45) is 0 Å². The number of aryl methyl sites for hydroxylation is 1. The highest BCUT2D eigenvalue weighted by Crippen LogP contribution is 2.27. The van der Waals surface area contributed by atoms with Crippen molar-refractivity contribution in [2.75, 3.05) is 13.6 Å². The summed E-state index contributed by atoms with van der Waals surface area (Å²) in [4.78, 5) is 36.1. The number of benzene rings is 1. The molecule has 0 aromatic heterocycles. The Morgan fingerprint density at radius 3 is 2.64 bits per heavy atom. The summed E-state index contributed by atoms with van der Waals surface area (Å²) in [5.74, 6) is -1.30. The van der Waals surface area contributed by atoms with Crippen LogP contribution in [0, 0.1) is 0 Å². The number of hydrogen-bond acceptors (Lipinski definition) is 3. The third-order valence-corrected chi connectivity index (χ3v) is 3.66. The zero-order valence-corrected chi connectivity index (χ0v) is 12.5. The number of rotatable bonds is 7. The highest BCUT2D eigenvalue weighted by atomic mass is 16.4. The first kappa shape index (κ1) is 16.0. The third-order valence-electron chi connectivity index (χ3n) is 3.66. The van der Waals surface area contributed by atoms with Crippen LogP contribution in [0.4, 0.5) is 0 Å². The van der Waals surface area contributed by atoms with Crippen molar-refractivity contribution in [2.45, 2.75) is 31.7 Å². The molecule has 1 aliphatic carbocycles. The van der Waals surface area contributed by atoms with Crippen LogP contribution in [-0.4, -0.2) is 47.4 Å². The summed E-state index contributed by atoms with van der Waals surface area (Å²) in [7, 11) is 1.57. The Hall–Kier alpha value is -2.37. The minimum atomic E-state index is -0.984. The number of carboxylic acids is 1. The first-order chi connectivity index (χ1) is 10.5. The van der Waals surface area contributed by atoms with Gasteiger partial charge in [-0.2, -0.15) is 0 Å². The first-order valence-corrected chi connectivity index (χ1v) is 7.33. The maximum Gasteiger partial charge on any atom is 0.323 e. The number of nitrogens with zero attached hydrogens (tertiary/aromatic N) is 1. The normalized spacial score (nSPS) is 13.5. The van der Waals surface area contributed by atoms with Crippen LogP contribution in [0.15, 0.2) is 24.3 Å². The van der Waals surface area contributed by atoms with Crippen LogP contribution in [0.2, 0.25) is 0 Å². The zero-order chi connectivity index (χ0) is 16.1. The van der Waals surface area contributed by atoms with Gasteiger partial charge in [0.2, 0.25) is 5.91 Å². The van der Waals surface area contributed by atoms with E-state index in [1.165, 1.54) is 4.90 Å². The molecular formula is C16H20N2O4. The van der Waals surface area contributed by atoms with Gasteiger partial charge in [-0.25, -0.2) is 0 Å². The van der Waals surface area contributed by atoms with Crippen LogP contribution in [0.5, 0.6) is 0 Å². The maximum atomic E-state index is 12.2. The van der Waals surface area contributed by atoms with Crippen LogP contribution in [0.3, 0.4) is 0 Å². The van der Waals surface area contributed by atoms with E-state index in [9.17, 15) is 14.4 Å². The van der Waals surface area contributed by atoms with Crippen LogP contribution in [-0.2, 0) is 16.0 Å². The van der Waals surface area contributed by atoms with Gasteiger partial charge >= 0.3 is 5.97 Å². The Morgan fingerprint density at radius 1 is 1.32 bits per heavy atom. The van der Waals surface area contributed by atoms with Crippen LogP contribution < -0.4 is 5.32 Å². The van der Waals surface area contributed by atoms with E-state index in [0.29, 0.717) is 12.0 Å². The smallest absolute Gasteiger partial charge is 0.323 e. The molecule has 1 aromatic rings. The molecule has 0 saturated heterocycles. The summed E-state index contributed by atoms with van der Waals surface area (Å²) < 4.78 is 0. The van der Waals surface area contributed by atoms with Gasteiger partial charge in [-0.3, -0.25) is 14.4 Å². The minimum absolute atomic E-state index is 0.0841. The lowest BCUT2D eigenvalue weighted by Crippen LogP contribution is -2.37. The van der Waals surface area contributed by atoms with Crippen molar-refractivity contribution in [1.29, 1.82) is 0 Å². The largest absolute Gasteiger partial charge is 0.480 e. The van der Waals surface area contributed by atoms with Gasteiger partial charge in [0.05, 0.1) is 0 Å². The molecule has 6 nitrogen and oxygen atoms in total. The highest BCUT2D eigenvalue weighted by Gasteiger charge is 2.33. The molecule has 2 N–H and O–H groups in total. The van der Waals surface area contributed by atoms with Crippen molar-refractivity contribution in [3.63, 3.8) is 0 Å². The van der Waals surface area contributed by atoms with Crippen LogP contribution >= 0.6 is 0 Å².